The first-order valence-electron chi connectivity index (χ1n) is 8.19. The van der Waals surface area contributed by atoms with Gasteiger partial charge in [0.1, 0.15) is 5.57 Å². The van der Waals surface area contributed by atoms with Crippen molar-refractivity contribution in [1.82, 2.24) is 10.2 Å². The molecule has 7 heteroatoms. The Hall–Kier alpha value is -2.96. The Balaban J connectivity index is 1.88. The molecule has 1 N–H and O–H groups in total. The minimum absolute atomic E-state index is 0.000539. The lowest BCUT2D eigenvalue weighted by atomic mass is 9.93. The van der Waals surface area contributed by atoms with Gasteiger partial charge in [-0.15, -0.1) is 0 Å². The van der Waals surface area contributed by atoms with Crippen LogP contribution in [-0.2, 0) is 9.59 Å². The van der Waals surface area contributed by atoms with Crippen molar-refractivity contribution in [1.29, 1.82) is 0 Å². The number of barbiturate groups is 1. The third-order valence-electron chi connectivity index (χ3n) is 4.53. The lowest BCUT2D eigenvalue weighted by Gasteiger charge is -2.35. The van der Waals surface area contributed by atoms with E-state index < -0.39 is 23.8 Å². The molecule has 130 valence electrons. The topological polar surface area (TPSA) is 107 Å². The Labute approximate surface area is 144 Å². The number of hydrogen-bond acceptors (Lipinski definition) is 5. The Bertz CT molecular complexity index is 760. The highest BCUT2D eigenvalue weighted by Crippen LogP contribution is 2.26. The highest BCUT2D eigenvalue weighted by molar-refractivity contribution is 6.31. The molecule has 1 aliphatic heterocycles. The number of carboxylic acids is 1. The highest BCUT2D eigenvalue weighted by atomic mass is 16.4. The number of carboxylic acid groups (broad SMARTS) is 1. The molecule has 1 aromatic rings. The molecule has 1 saturated carbocycles. The van der Waals surface area contributed by atoms with E-state index in [1.165, 1.54) is 30.3 Å². The fourth-order valence-electron chi connectivity index (χ4n) is 3.22. The normalized spacial score (nSPS) is 20.7. The summed E-state index contributed by atoms with van der Waals surface area (Å²) in [5.74, 6) is -2.66. The van der Waals surface area contributed by atoms with E-state index in [4.69, 9.17) is 0 Å². The third-order valence-corrected chi connectivity index (χ3v) is 4.53. The number of amides is 4. The van der Waals surface area contributed by atoms with Gasteiger partial charge in [-0.05, 0) is 30.0 Å². The second kappa shape index (κ2) is 6.88. The summed E-state index contributed by atoms with van der Waals surface area (Å²) < 4.78 is 0. The molecule has 1 aliphatic carbocycles. The lowest BCUT2D eigenvalue weighted by molar-refractivity contribution is -0.255. The number of imide groups is 2. The monoisotopic (exact) mass is 341 g/mol. The zero-order chi connectivity index (χ0) is 18.0. The maximum absolute atomic E-state index is 12.7. The van der Waals surface area contributed by atoms with Crippen LogP contribution in [0.15, 0.2) is 29.8 Å². The number of aromatic carboxylic acids is 1. The summed E-state index contributed by atoms with van der Waals surface area (Å²) in [5.41, 5.74) is 0.355. The highest BCUT2D eigenvalue weighted by Gasteiger charge is 2.40. The van der Waals surface area contributed by atoms with Gasteiger partial charge in [0, 0.05) is 6.04 Å². The van der Waals surface area contributed by atoms with Gasteiger partial charge in [-0.1, -0.05) is 43.5 Å². The first-order chi connectivity index (χ1) is 12.0. The van der Waals surface area contributed by atoms with Crippen LogP contribution in [0.1, 0.15) is 48.0 Å². The lowest BCUT2D eigenvalue weighted by Crippen LogP contribution is -2.58. The number of urea groups is 1. The first kappa shape index (κ1) is 16.9. The molecule has 0 radical (unpaired) electrons. The molecular formula is C18H17N2O5-. The van der Waals surface area contributed by atoms with Gasteiger partial charge in [-0.25, -0.2) is 4.79 Å². The molecular weight excluding hydrogens is 324 g/mol. The van der Waals surface area contributed by atoms with Crippen molar-refractivity contribution in [3.63, 3.8) is 0 Å². The predicted molar refractivity (Wildman–Crippen MR) is 86.0 cm³/mol. The Morgan fingerprint density at radius 1 is 1.08 bits per heavy atom. The molecule has 0 atom stereocenters. The van der Waals surface area contributed by atoms with Gasteiger partial charge in [-0.3, -0.25) is 19.8 Å². The number of benzene rings is 1. The second-order valence-corrected chi connectivity index (χ2v) is 6.19. The fourth-order valence-corrected chi connectivity index (χ4v) is 3.22. The summed E-state index contributed by atoms with van der Waals surface area (Å²) >= 11 is 0. The van der Waals surface area contributed by atoms with Crippen molar-refractivity contribution in [3.05, 3.63) is 41.0 Å². The van der Waals surface area contributed by atoms with Gasteiger partial charge in [-0.2, -0.15) is 0 Å². The number of nitrogens with one attached hydrogen (secondary N) is 1. The quantitative estimate of drug-likeness (QED) is 0.648. The molecule has 0 unspecified atom stereocenters. The van der Waals surface area contributed by atoms with E-state index in [1.54, 1.807) is 0 Å². The molecule has 25 heavy (non-hydrogen) atoms. The summed E-state index contributed by atoms with van der Waals surface area (Å²) in [6, 6.07) is 4.73. The maximum atomic E-state index is 12.7. The molecule has 3 rings (SSSR count). The first-order valence-corrected chi connectivity index (χ1v) is 8.19. The minimum Gasteiger partial charge on any atom is -0.545 e. The molecule has 2 aliphatic rings. The molecule has 4 amide bonds. The molecule has 7 nitrogen and oxygen atoms in total. The largest absolute Gasteiger partial charge is 0.545 e. The van der Waals surface area contributed by atoms with Crippen LogP contribution in [-0.4, -0.2) is 34.8 Å². The molecule has 2 fully saturated rings. The van der Waals surface area contributed by atoms with Crippen LogP contribution in [0.3, 0.4) is 0 Å². The zero-order valence-corrected chi connectivity index (χ0v) is 13.5. The maximum Gasteiger partial charge on any atom is 0.331 e. The van der Waals surface area contributed by atoms with Crippen LogP contribution < -0.4 is 10.4 Å². The van der Waals surface area contributed by atoms with E-state index in [9.17, 15) is 24.3 Å². The van der Waals surface area contributed by atoms with Crippen molar-refractivity contribution in [3.8, 4) is 0 Å². The van der Waals surface area contributed by atoms with Gasteiger partial charge in [0.15, 0.2) is 0 Å². The van der Waals surface area contributed by atoms with Crippen LogP contribution in [0, 0.1) is 0 Å². The van der Waals surface area contributed by atoms with Crippen LogP contribution in [0.25, 0.3) is 6.08 Å². The van der Waals surface area contributed by atoms with Gasteiger partial charge in [0.05, 0.1) is 5.97 Å². The van der Waals surface area contributed by atoms with Crippen LogP contribution in [0.4, 0.5) is 4.79 Å². The average molecular weight is 341 g/mol. The van der Waals surface area contributed by atoms with Crippen LogP contribution in [0.2, 0.25) is 0 Å². The summed E-state index contributed by atoms with van der Waals surface area (Å²) in [7, 11) is 0. The second-order valence-electron chi connectivity index (χ2n) is 6.19. The van der Waals surface area contributed by atoms with Crippen molar-refractivity contribution < 1.29 is 24.3 Å². The van der Waals surface area contributed by atoms with Gasteiger partial charge < -0.3 is 9.90 Å². The van der Waals surface area contributed by atoms with Crippen molar-refractivity contribution in [2.24, 2.45) is 0 Å². The minimum atomic E-state index is -1.31. The molecule has 1 aromatic carbocycles. The SMILES string of the molecule is O=C1NC(=O)N(C2CCCCC2)C(=O)/C1=C\c1ccc(C(=O)[O-])cc1. The fraction of sp³-hybridized carbons (Fsp3) is 0.333. The third kappa shape index (κ3) is 3.45. The van der Waals surface area contributed by atoms with E-state index in [-0.39, 0.29) is 17.2 Å². The summed E-state index contributed by atoms with van der Waals surface area (Å²) in [5, 5.41) is 13.0. The number of hydrogen-bond donors (Lipinski definition) is 1. The van der Waals surface area contributed by atoms with Gasteiger partial charge in [0.25, 0.3) is 11.8 Å². The standard InChI is InChI=1S/C18H18N2O5/c21-15-14(10-11-6-8-12(9-7-11)17(23)24)16(22)20(18(25)19-15)13-4-2-1-3-5-13/h6-10,13H,1-5H2,(H,23,24)(H,19,21,25)/p-1/b14-10-. The molecule has 0 bridgehead atoms. The van der Waals surface area contributed by atoms with Crippen molar-refractivity contribution in [2.75, 3.05) is 0 Å². The van der Waals surface area contributed by atoms with E-state index >= 15 is 0 Å². The van der Waals surface area contributed by atoms with Crippen molar-refractivity contribution in [2.45, 2.75) is 38.1 Å². The molecule has 1 saturated heterocycles. The van der Waals surface area contributed by atoms with Crippen LogP contribution >= 0.6 is 0 Å². The van der Waals surface area contributed by atoms with E-state index in [1.807, 2.05) is 0 Å². The number of carbonyl (C=O) groups is 4. The number of nitrogens with zero attached hydrogens (tertiary/aromatic N) is 1. The van der Waals surface area contributed by atoms with Gasteiger partial charge >= 0.3 is 6.03 Å². The molecule has 1 heterocycles. The number of carbonyl (C=O) groups excluding carboxylic acids is 4. The Morgan fingerprint density at radius 3 is 2.32 bits per heavy atom. The smallest absolute Gasteiger partial charge is 0.331 e. The van der Waals surface area contributed by atoms with Crippen molar-refractivity contribution >= 4 is 29.9 Å². The van der Waals surface area contributed by atoms with E-state index in [0.717, 1.165) is 37.0 Å². The Kier molecular flexibility index (Phi) is 4.65. The number of rotatable bonds is 3. The Morgan fingerprint density at radius 2 is 1.72 bits per heavy atom. The predicted octanol–water partition coefficient (Wildman–Crippen LogP) is 0.845. The summed E-state index contributed by atoms with van der Waals surface area (Å²) in [6.07, 6.45) is 5.80. The summed E-state index contributed by atoms with van der Waals surface area (Å²) in [6.45, 7) is 0. The van der Waals surface area contributed by atoms with E-state index in [2.05, 4.69) is 5.32 Å². The van der Waals surface area contributed by atoms with Gasteiger partial charge in [0.2, 0.25) is 0 Å². The average Bonchev–Trinajstić information content (AvgIpc) is 2.60. The molecule has 0 aromatic heterocycles. The summed E-state index contributed by atoms with van der Waals surface area (Å²) in [4.78, 5) is 48.8. The zero-order valence-electron chi connectivity index (χ0n) is 13.5. The van der Waals surface area contributed by atoms with E-state index in [0.29, 0.717) is 5.56 Å². The van der Waals surface area contributed by atoms with Crippen LogP contribution in [0.5, 0.6) is 0 Å². The molecule has 0 spiro atoms.